The molecule has 2 saturated heterocycles. The summed E-state index contributed by atoms with van der Waals surface area (Å²) in [5.74, 6) is 0. The van der Waals surface area contributed by atoms with E-state index in [9.17, 15) is 4.79 Å². The molecule has 0 radical (unpaired) electrons. The van der Waals surface area contributed by atoms with Crippen molar-refractivity contribution < 1.29 is 9.53 Å². The van der Waals surface area contributed by atoms with Crippen molar-refractivity contribution >= 4 is 17.6 Å². The van der Waals surface area contributed by atoms with Crippen molar-refractivity contribution in [1.82, 2.24) is 15.1 Å². The van der Waals surface area contributed by atoms with E-state index in [-0.39, 0.29) is 18.1 Å². The summed E-state index contributed by atoms with van der Waals surface area (Å²) >= 11 is 6.31. The lowest BCUT2D eigenvalue weighted by molar-refractivity contribution is 0.0743. The van der Waals surface area contributed by atoms with Gasteiger partial charge < -0.3 is 15.0 Å². The van der Waals surface area contributed by atoms with E-state index in [0.717, 1.165) is 62.8 Å². The number of carbonyl (C=O) groups excluding carboxylic acids is 1. The average molecular weight is 352 g/mol. The number of benzene rings is 1. The van der Waals surface area contributed by atoms with Gasteiger partial charge in [-0.05, 0) is 31.4 Å². The van der Waals surface area contributed by atoms with E-state index in [4.69, 9.17) is 16.3 Å². The summed E-state index contributed by atoms with van der Waals surface area (Å²) in [7, 11) is 0. The molecule has 3 rings (SSSR count). The van der Waals surface area contributed by atoms with Gasteiger partial charge in [0, 0.05) is 56.5 Å². The number of urea groups is 1. The van der Waals surface area contributed by atoms with Crippen LogP contribution in [-0.2, 0) is 4.74 Å². The Morgan fingerprint density at radius 2 is 1.88 bits per heavy atom. The van der Waals surface area contributed by atoms with Gasteiger partial charge in [-0.15, -0.1) is 0 Å². The minimum Gasteiger partial charge on any atom is -0.381 e. The maximum atomic E-state index is 12.4. The largest absolute Gasteiger partial charge is 0.381 e. The smallest absolute Gasteiger partial charge is 0.317 e. The fraction of sp³-hybridized carbons (Fsp3) is 0.611. The molecule has 0 bridgehead atoms. The highest BCUT2D eigenvalue weighted by molar-refractivity contribution is 6.31. The lowest BCUT2D eigenvalue weighted by Crippen LogP contribution is -2.54. The zero-order valence-electron chi connectivity index (χ0n) is 14.2. The number of halogens is 1. The fourth-order valence-corrected chi connectivity index (χ4v) is 3.72. The lowest BCUT2D eigenvalue weighted by Gasteiger charge is -2.39. The summed E-state index contributed by atoms with van der Waals surface area (Å²) < 4.78 is 5.34. The lowest BCUT2D eigenvalue weighted by atomic mass is 10.1. The molecule has 2 heterocycles. The summed E-state index contributed by atoms with van der Waals surface area (Å²) in [6.45, 7) is 6.91. The number of nitrogens with zero attached hydrogens (tertiary/aromatic N) is 2. The van der Waals surface area contributed by atoms with E-state index in [1.807, 2.05) is 23.1 Å². The number of amides is 2. The van der Waals surface area contributed by atoms with Crippen LogP contribution >= 0.6 is 11.6 Å². The Kier molecular flexibility index (Phi) is 5.98. The van der Waals surface area contributed by atoms with Crippen molar-refractivity contribution in [3.05, 3.63) is 34.9 Å². The van der Waals surface area contributed by atoms with Crippen molar-refractivity contribution in [3.63, 3.8) is 0 Å². The van der Waals surface area contributed by atoms with E-state index in [0.29, 0.717) is 0 Å². The molecule has 24 heavy (non-hydrogen) atoms. The molecule has 0 aliphatic carbocycles. The third-order valence-corrected chi connectivity index (χ3v) is 5.40. The van der Waals surface area contributed by atoms with Crippen LogP contribution in [0.25, 0.3) is 0 Å². The summed E-state index contributed by atoms with van der Waals surface area (Å²) in [6, 6.07) is 8.58. The second kappa shape index (κ2) is 8.19. The number of hydrogen-bond donors (Lipinski definition) is 1. The van der Waals surface area contributed by atoms with Crippen LogP contribution in [0.5, 0.6) is 0 Å². The van der Waals surface area contributed by atoms with Gasteiger partial charge in [0.15, 0.2) is 0 Å². The highest BCUT2D eigenvalue weighted by atomic mass is 35.5. The van der Waals surface area contributed by atoms with Gasteiger partial charge in [0.25, 0.3) is 0 Å². The van der Waals surface area contributed by atoms with Gasteiger partial charge >= 0.3 is 6.03 Å². The van der Waals surface area contributed by atoms with Crippen LogP contribution < -0.4 is 5.32 Å². The summed E-state index contributed by atoms with van der Waals surface area (Å²) in [4.78, 5) is 16.7. The van der Waals surface area contributed by atoms with E-state index < -0.39 is 0 Å². The van der Waals surface area contributed by atoms with Gasteiger partial charge in [-0.2, -0.15) is 0 Å². The molecule has 1 unspecified atom stereocenters. The molecular weight excluding hydrogens is 326 g/mol. The first-order valence-corrected chi connectivity index (χ1v) is 9.14. The van der Waals surface area contributed by atoms with Crippen molar-refractivity contribution in [2.24, 2.45) is 0 Å². The molecule has 5 nitrogen and oxygen atoms in total. The minimum absolute atomic E-state index is 0.0620. The van der Waals surface area contributed by atoms with Gasteiger partial charge in [0.2, 0.25) is 0 Å². The molecule has 2 aliphatic heterocycles. The highest BCUT2D eigenvalue weighted by Crippen LogP contribution is 2.27. The standard InChI is InChI=1S/C18H26ClN3O2/c1-14(16-4-2-3-5-17(16)19)21-8-10-22(11-9-21)18(23)20-15-6-12-24-13-7-15/h2-5,14-15H,6-13H2,1H3,(H,20,23). The van der Waals surface area contributed by atoms with Crippen molar-refractivity contribution in [3.8, 4) is 0 Å². The molecule has 0 aromatic heterocycles. The van der Waals surface area contributed by atoms with Crippen LogP contribution in [0.15, 0.2) is 24.3 Å². The predicted molar refractivity (Wildman–Crippen MR) is 95.4 cm³/mol. The monoisotopic (exact) mass is 351 g/mol. The number of hydrogen-bond acceptors (Lipinski definition) is 3. The van der Waals surface area contributed by atoms with E-state index in [1.54, 1.807) is 0 Å². The van der Waals surface area contributed by atoms with Gasteiger partial charge in [0.05, 0.1) is 0 Å². The van der Waals surface area contributed by atoms with Gasteiger partial charge in [-0.3, -0.25) is 4.90 Å². The van der Waals surface area contributed by atoms with Crippen LogP contribution in [0.4, 0.5) is 4.79 Å². The number of carbonyl (C=O) groups is 1. The van der Waals surface area contributed by atoms with Crippen molar-refractivity contribution in [1.29, 1.82) is 0 Å². The van der Waals surface area contributed by atoms with Crippen LogP contribution in [0.1, 0.15) is 31.4 Å². The molecular formula is C18H26ClN3O2. The van der Waals surface area contributed by atoms with E-state index in [2.05, 4.69) is 23.2 Å². The molecule has 6 heteroatoms. The molecule has 1 N–H and O–H groups in total. The molecule has 0 spiro atoms. The Hall–Kier alpha value is -1.30. The van der Waals surface area contributed by atoms with E-state index in [1.165, 1.54) is 0 Å². The molecule has 1 atom stereocenters. The Labute approximate surface area is 148 Å². The fourth-order valence-electron chi connectivity index (χ4n) is 3.43. The van der Waals surface area contributed by atoms with Gasteiger partial charge in [0.1, 0.15) is 0 Å². The summed E-state index contributed by atoms with van der Waals surface area (Å²) in [6.07, 6.45) is 1.82. The van der Waals surface area contributed by atoms with Crippen molar-refractivity contribution in [2.45, 2.75) is 31.8 Å². The Bertz CT molecular complexity index is 555. The number of rotatable bonds is 3. The average Bonchev–Trinajstić information content (AvgIpc) is 2.62. The molecule has 2 amide bonds. The Morgan fingerprint density at radius 1 is 1.21 bits per heavy atom. The molecule has 132 valence electrons. The second-order valence-electron chi connectivity index (χ2n) is 6.56. The maximum absolute atomic E-state index is 12.4. The molecule has 0 saturated carbocycles. The number of ether oxygens (including phenoxy) is 1. The van der Waals surface area contributed by atoms with Gasteiger partial charge in [-0.25, -0.2) is 4.79 Å². The van der Waals surface area contributed by atoms with E-state index >= 15 is 0 Å². The van der Waals surface area contributed by atoms with Crippen molar-refractivity contribution in [2.75, 3.05) is 39.4 Å². The zero-order chi connectivity index (χ0) is 16.9. The first-order valence-electron chi connectivity index (χ1n) is 8.77. The van der Waals surface area contributed by atoms with Crippen LogP contribution in [0.3, 0.4) is 0 Å². The minimum atomic E-state index is 0.0620. The summed E-state index contributed by atoms with van der Waals surface area (Å²) in [5, 5.41) is 3.95. The Balaban J connectivity index is 1.50. The van der Waals surface area contributed by atoms with Crippen LogP contribution in [0, 0.1) is 0 Å². The zero-order valence-corrected chi connectivity index (χ0v) is 15.0. The third-order valence-electron chi connectivity index (χ3n) is 5.05. The van der Waals surface area contributed by atoms with Crippen LogP contribution in [0.2, 0.25) is 5.02 Å². The number of piperazine rings is 1. The van der Waals surface area contributed by atoms with Crippen LogP contribution in [-0.4, -0.2) is 61.3 Å². The highest BCUT2D eigenvalue weighted by Gasteiger charge is 2.27. The quantitative estimate of drug-likeness (QED) is 0.910. The maximum Gasteiger partial charge on any atom is 0.317 e. The SMILES string of the molecule is CC(c1ccccc1Cl)N1CCN(C(=O)NC2CCOCC2)CC1. The molecule has 1 aromatic carbocycles. The second-order valence-corrected chi connectivity index (χ2v) is 6.96. The molecule has 2 aliphatic rings. The molecule has 1 aromatic rings. The summed E-state index contributed by atoms with van der Waals surface area (Å²) in [5.41, 5.74) is 1.15. The first-order chi connectivity index (χ1) is 11.6. The normalized spacial score (nSPS) is 21.5. The first kappa shape index (κ1) is 17.5. The predicted octanol–water partition coefficient (Wildman–Crippen LogP) is 2.91. The molecule has 2 fully saturated rings. The third kappa shape index (κ3) is 4.21. The number of nitrogens with one attached hydrogen (secondary N) is 1. The Morgan fingerprint density at radius 3 is 2.54 bits per heavy atom. The van der Waals surface area contributed by atoms with Gasteiger partial charge in [-0.1, -0.05) is 29.8 Å². The topological polar surface area (TPSA) is 44.8 Å².